The maximum absolute atomic E-state index is 5.05. The minimum atomic E-state index is 0.254. The summed E-state index contributed by atoms with van der Waals surface area (Å²) in [6, 6.07) is 2.67. The van der Waals surface area contributed by atoms with Crippen LogP contribution < -0.4 is 15.4 Å². The van der Waals surface area contributed by atoms with Gasteiger partial charge in [0.25, 0.3) is 0 Å². The lowest BCUT2D eigenvalue weighted by molar-refractivity contribution is 0.367. The number of ether oxygens (including phenoxy) is 1. The molecule has 1 atom stereocenters. The lowest BCUT2D eigenvalue weighted by atomic mass is 10.1. The molecule has 82 valence electrons. The summed E-state index contributed by atoms with van der Waals surface area (Å²) in [6.07, 6.45) is 0. The molecule has 1 saturated heterocycles. The number of piperazine rings is 1. The predicted octanol–water partition coefficient (Wildman–Crippen LogP) is 0.324. The van der Waals surface area contributed by atoms with Crippen molar-refractivity contribution in [3.05, 3.63) is 15.5 Å². The molecule has 0 aliphatic carbocycles. The Bertz CT molecular complexity index is 341. The maximum Gasteiger partial charge on any atom is 0.317 e. The van der Waals surface area contributed by atoms with Crippen LogP contribution in [0.5, 0.6) is 6.01 Å². The Morgan fingerprint density at radius 2 is 2.33 bits per heavy atom. The van der Waals surface area contributed by atoms with Crippen molar-refractivity contribution in [2.24, 2.45) is 0 Å². The standard InChI is InChI=1S/C9H13IN4O/c1-15-9-13-6(4-8(10)14-9)7-5-11-2-3-12-7/h4,7,11-12H,2-3,5H2,1H3. The fraction of sp³-hybridized carbons (Fsp3) is 0.556. The third kappa shape index (κ3) is 2.76. The number of halogens is 1. The molecule has 0 radical (unpaired) electrons. The number of nitrogens with one attached hydrogen (secondary N) is 2. The van der Waals surface area contributed by atoms with Crippen molar-refractivity contribution < 1.29 is 4.74 Å². The van der Waals surface area contributed by atoms with Crippen molar-refractivity contribution in [2.45, 2.75) is 6.04 Å². The van der Waals surface area contributed by atoms with Crippen molar-refractivity contribution in [2.75, 3.05) is 26.7 Å². The van der Waals surface area contributed by atoms with Gasteiger partial charge in [-0.15, -0.1) is 0 Å². The van der Waals surface area contributed by atoms with Crippen LogP contribution in [-0.2, 0) is 0 Å². The van der Waals surface area contributed by atoms with Crippen LogP contribution in [0.1, 0.15) is 11.7 Å². The SMILES string of the molecule is COc1nc(I)cc(C2CNCCN2)n1. The van der Waals surface area contributed by atoms with E-state index in [9.17, 15) is 0 Å². The van der Waals surface area contributed by atoms with E-state index in [1.54, 1.807) is 7.11 Å². The molecule has 0 bridgehead atoms. The molecular formula is C9H13IN4O. The van der Waals surface area contributed by atoms with Gasteiger partial charge in [0.1, 0.15) is 3.70 Å². The van der Waals surface area contributed by atoms with E-state index in [-0.39, 0.29) is 6.04 Å². The second-order valence-electron chi connectivity index (χ2n) is 3.31. The largest absolute Gasteiger partial charge is 0.467 e. The fourth-order valence-corrected chi connectivity index (χ4v) is 2.07. The van der Waals surface area contributed by atoms with Gasteiger partial charge in [-0.3, -0.25) is 0 Å². The van der Waals surface area contributed by atoms with Gasteiger partial charge in [-0.1, -0.05) is 0 Å². The molecular weight excluding hydrogens is 307 g/mol. The van der Waals surface area contributed by atoms with Crippen LogP contribution in [0.4, 0.5) is 0 Å². The molecule has 0 amide bonds. The second kappa shape index (κ2) is 5.04. The zero-order valence-corrected chi connectivity index (χ0v) is 10.6. The van der Waals surface area contributed by atoms with Crippen molar-refractivity contribution >= 4 is 22.6 Å². The van der Waals surface area contributed by atoms with Crippen molar-refractivity contribution in [3.8, 4) is 6.01 Å². The molecule has 2 rings (SSSR count). The van der Waals surface area contributed by atoms with Crippen molar-refractivity contribution in [1.29, 1.82) is 0 Å². The minimum absolute atomic E-state index is 0.254. The summed E-state index contributed by atoms with van der Waals surface area (Å²) in [7, 11) is 1.59. The summed E-state index contributed by atoms with van der Waals surface area (Å²) in [5.41, 5.74) is 0.985. The highest BCUT2D eigenvalue weighted by molar-refractivity contribution is 14.1. The minimum Gasteiger partial charge on any atom is -0.467 e. The number of rotatable bonds is 2. The van der Waals surface area contributed by atoms with E-state index in [1.165, 1.54) is 0 Å². The summed E-state index contributed by atoms with van der Waals surface area (Å²) >= 11 is 2.17. The molecule has 6 heteroatoms. The van der Waals surface area contributed by atoms with E-state index in [1.807, 2.05) is 6.07 Å². The van der Waals surface area contributed by atoms with Crippen LogP contribution in [0.3, 0.4) is 0 Å². The van der Waals surface area contributed by atoms with E-state index < -0.39 is 0 Å². The van der Waals surface area contributed by atoms with Crippen LogP contribution in [0, 0.1) is 3.70 Å². The van der Waals surface area contributed by atoms with Crippen LogP contribution in [0.2, 0.25) is 0 Å². The van der Waals surface area contributed by atoms with Gasteiger partial charge in [0, 0.05) is 19.6 Å². The van der Waals surface area contributed by atoms with Crippen molar-refractivity contribution in [3.63, 3.8) is 0 Å². The van der Waals surface area contributed by atoms with Crippen LogP contribution >= 0.6 is 22.6 Å². The van der Waals surface area contributed by atoms with Gasteiger partial charge in [0.15, 0.2) is 0 Å². The van der Waals surface area contributed by atoms with Gasteiger partial charge in [0.05, 0.1) is 18.8 Å². The molecule has 1 aliphatic rings. The summed E-state index contributed by atoms with van der Waals surface area (Å²) in [5, 5.41) is 6.73. The molecule has 0 spiro atoms. The average molecular weight is 320 g/mol. The number of hydrogen-bond donors (Lipinski definition) is 2. The van der Waals surface area contributed by atoms with Gasteiger partial charge >= 0.3 is 6.01 Å². The molecule has 5 nitrogen and oxygen atoms in total. The Kier molecular flexibility index (Phi) is 3.71. The van der Waals surface area contributed by atoms with Gasteiger partial charge in [0.2, 0.25) is 0 Å². The predicted molar refractivity (Wildman–Crippen MR) is 64.9 cm³/mol. The lowest BCUT2D eigenvalue weighted by Crippen LogP contribution is -2.43. The topological polar surface area (TPSA) is 59.1 Å². The Hall–Kier alpha value is -0.470. The molecule has 1 unspecified atom stereocenters. The highest BCUT2D eigenvalue weighted by Crippen LogP contribution is 2.16. The Balaban J connectivity index is 2.22. The molecule has 0 saturated carbocycles. The smallest absolute Gasteiger partial charge is 0.317 e. The molecule has 1 aliphatic heterocycles. The lowest BCUT2D eigenvalue weighted by Gasteiger charge is -2.24. The Morgan fingerprint density at radius 3 is 3.00 bits per heavy atom. The summed E-state index contributed by atoms with van der Waals surface area (Å²) in [4.78, 5) is 8.49. The van der Waals surface area contributed by atoms with E-state index in [2.05, 4.69) is 43.2 Å². The van der Waals surface area contributed by atoms with Gasteiger partial charge in [-0.25, -0.2) is 0 Å². The summed E-state index contributed by atoms with van der Waals surface area (Å²) in [5.74, 6) is 0. The fourth-order valence-electron chi connectivity index (χ4n) is 1.55. The molecule has 15 heavy (non-hydrogen) atoms. The highest BCUT2D eigenvalue weighted by atomic mass is 127. The number of hydrogen-bond acceptors (Lipinski definition) is 5. The van der Waals surface area contributed by atoms with Gasteiger partial charge in [-0.2, -0.15) is 9.97 Å². The number of nitrogens with zero attached hydrogens (tertiary/aromatic N) is 2. The maximum atomic E-state index is 5.05. The Morgan fingerprint density at radius 1 is 1.47 bits per heavy atom. The van der Waals surface area contributed by atoms with Crippen molar-refractivity contribution in [1.82, 2.24) is 20.6 Å². The molecule has 1 aromatic rings. The molecule has 0 aromatic carbocycles. The van der Waals surface area contributed by atoms with E-state index in [4.69, 9.17) is 4.74 Å². The van der Waals surface area contributed by atoms with Crippen LogP contribution in [0.15, 0.2) is 6.07 Å². The first-order valence-corrected chi connectivity index (χ1v) is 5.90. The Labute approximate surface area is 102 Å². The zero-order valence-electron chi connectivity index (χ0n) is 8.46. The van der Waals surface area contributed by atoms with Crippen LogP contribution in [-0.4, -0.2) is 36.7 Å². The second-order valence-corrected chi connectivity index (χ2v) is 4.42. The zero-order chi connectivity index (χ0) is 10.7. The van der Waals surface area contributed by atoms with Crippen LogP contribution in [0.25, 0.3) is 0 Å². The normalized spacial score (nSPS) is 21.3. The third-order valence-corrected chi connectivity index (χ3v) is 2.83. The third-order valence-electron chi connectivity index (χ3n) is 2.27. The molecule has 1 fully saturated rings. The highest BCUT2D eigenvalue weighted by Gasteiger charge is 2.17. The molecule has 2 N–H and O–H groups in total. The molecule has 1 aromatic heterocycles. The quantitative estimate of drug-likeness (QED) is 0.607. The molecule has 2 heterocycles. The average Bonchev–Trinajstić information content (AvgIpc) is 2.29. The van der Waals surface area contributed by atoms with E-state index >= 15 is 0 Å². The monoisotopic (exact) mass is 320 g/mol. The van der Waals surface area contributed by atoms with Gasteiger partial charge in [-0.05, 0) is 28.7 Å². The summed E-state index contributed by atoms with van der Waals surface area (Å²) < 4.78 is 5.96. The van der Waals surface area contributed by atoms with Gasteiger partial charge < -0.3 is 15.4 Å². The summed E-state index contributed by atoms with van der Waals surface area (Å²) in [6.45, 7) is 2.87. The first kappa shape index (κ1) is 11.0. The number of aromatic nitrogens is 2. The van der Waals surface area contributed by atoms with E-state index in [0.717, 1.165) is 29.0 Å². The number of methoxy groups -OCH3 is 1. The van der Waals surface area contributed by atoms with E-state index in [0.29, 0.717) is 6.01 Å². The first-order chi connectivity index (χ1) is 7.29. The first-order valence-electron chi connectivity index (χ1n) is 4.82.